The third-order valence-electron chi connectivity index (χ3n) is 5.16. The van der Waals surface area contributed by atoms with Crippen molar-refractivity contribution in [1.29, 1.82) is 0 Å². The number of aryl methyl sites for hydroxylation is 2. The second-order valence-corrected chi connectivity index (χ2v) is 7.16. The van der Waals surface area contributed by atoms with Gasteiger partial charge in [-0.15, -0.1) is 0 Å². The maximum absolute atomic E-state index is 12.7. The van der Waals surface area contributed by atoms with Crippen LogP contribution in [0, 0.1) is 0 Å². The molecule has 0 saturated carbocycles. The number of pyridine rings is 1. The Morgan fingerprint density at radius 1 is 1.31 bits per heavy atom. The van der Waals surface area contributed by atoms with Gasteiger partial charge in [0.15, 0.2) is 0 Å². The minimum Gasteiger partial charge on any atom is -0.363 e. The summed E-state index contributed by atoms with van der Waals surface area (Å²) in [5.74, 6) is 2.65. The van der Waals surface area contributed by atoms with Gasteiger partial charge in [-0.05, 0) is 30.5 Å². The summed E-state index contributed by atoms with van der Waals surface area (Å²) < 4.78 is 2.09. The lowest BCUT2D eigenvalue weighted by atomic mass is 9.91. The van der Waals surface area contributed by atoms with Crippen molar-refractivity contribution >= 4 is 11.7 Å². The van der Waals surface area contributed by atoms with E-state index in [1.807, 2.05) is 42.5 Å². The minimum atomic E-state index is 0.243. The number of imidazole rings is 1. The van der Waals surface area contributed by atoms with Gasteiger partial charge in [-0.2, -0.15) is 0 Å². The summed E-state index contributed by atoms with van der Waals surface area (Å²) in [6.07, 6.45) is 9.26. The molecule has 0 spiro atoms. The summed E-state index contributed by atoms with van der Waals surface area (Å²) in [6.45, 7) is 4.47. The molecular weight excluding hydrogens is 326 g/mol. The lowest BCUT2D eigenvalue weighted by Gasteiger charge is -2.33. The van der Waals surface area contributed by atoms with Crippen LogP contribution in [0.5, 0.6) is 0 Å². The minimum absolute atomic E-state index is 0.243. The number of rotatable bonds is 6. The number of likely N-dealkylation sites (tertiary alicyclic amines) is 1. The molecule has 1 fully saturated rings. The second-order valence-electron chi connectivity index (χ2n) is 7.16. The number of hydrogen-bond acceptors (Lipinski definition) is 4. The first-order valence-corrected chi connectivity index (χ1v) is 9.49. The number of nitrogens with zero attached hydrogens (tertiary/aromatic N) is 5. The fourth-order valence-electron chi connectivity index (χ4n) is 3.64. The number of carbonyl (C=O) groups excluding carboxylic acids is 1. The average molecular weight is 355 g/mol. The largest absolute Gasteiger partial charge is 0.363 e. The van der Waals surface area contributed by atoms with Gasteiger partial charge >= 0.3 is 0 Å². The first kappa shape index (κ1) is 18.4. The van der Waals surface area contributed by atoms with E-state index in [1.165, 1.54) is 5.56 Å². The fourth-order valence-corrected chi connectivity index (χ4v) is 3.64. The van der Waals surface area contributed by atoms with Gasteiger partial charge in [0.05, 0.1) is 0 Å². The van der Waals surface area contributed by atoms with Crippen molar-refractivity contribution in [2.45, 2.75) is 45.1 Å². The Kier molecular flexibility index (Phi) is 5.91. The molecule has 2 aromatic heterocycles. The Morgan fingerprint density at radius 2 is 2.15 bits per heavy atom. The van der Waals surface area contributed by atoms with Crippen LogP contribution in [0.2, 0.25) is 0 Å². The quantitative estimate of drug-likeness (QED) is 0.799. The van der Waals surface area contributed by atoms with Crippen LogP contribution >= 0.6 is 0 Å². The number of hydrogen-bond donors (Lipinski definition) is 0. The monoisotopic (exact) mass is 355 g/mol. The van der Waals surface area contributed by atoms with Gasteiger partial charge in [0.1, 0.15) is 11.6 Å². The van der Waals surface area contributed by atoms with Gasteiger partial charge < -0.3 is 14.4 Å². The van der Waals surface area contributed by atoms with Crippen LogP contribution in [0.4, 0.5) is 5.82 Å². The normalized spacial score (nSPS) is 17.3. The van der Waals surface area contributed by atoms with E-state index >= 15 is 0 Å². The van der Waals surface area contributed by atoms with E-state index < -0.39 is 0 Å². The highest BCUT2D eigenvalue weighted by Gasteiger charge is 2.25. The van der Waals surface area contributed by atoms with Crippen molar-refractivity contribution in [2.24, 2.45) is 0 Å². The van der Waals surface area contributed by atoms with Gasteiger partial charge in [0.25, 0.3) is 0 Å². The predicted molar refractivity (Wildman–Crippen MR) is 103 cm³/mol. The zero-order valence-electron chi connectivity index (χ0n) is 16.1. The zero-order valence-corrected chi connectivity index (χ0v) is 16.1. The molecule has 6 heteroatoms. The van der Waals surface area contributed by atoms with Crippen LogP contribution in [0.25, 0.3) is 0 Å². The molecule has 0 aliphatic carbocycles. The number of amides is 1. The molecule has 1 aliphatic rings. The third-order valence-corrected chi connectivity index (χ3v) is 5.16. The Bertz CT molecular complexity index is 739. The Labute approximate surface area is 155 Å². The highest BCUT2D eigenvalue weighted by Crippen LogP contribution is 2.28. The Morgan fingerprint density at radius 3 is 2.92 bits per heavy atom. The Balaban J connectivity index is 1.61. The summed E-state index contributed by atoms with van der Waals surface area (Å²) >= 11 is 0. The molecule has 0 radical (unpaired) electrons. The van der Waals surface area contributed by atoms with E-state index in [2.05, 4.69) is 33.6 Å². The molecule has 1 saturated heterocycles. The van der Waals surface area contributed by atoms with Crippen molar-refractivity contribution in [3.05, 3.63) is 42.1 Å². The summed E-state index contributed by atoms with van der Waals surface area (Å²) in [6, 6.07) is 4.24. The molecule has 6 nitrogen and oxygen atoms in total. The molecule has 1 atom stereocenters. The van der Waals surface area contributed by atoms with Crippen LogP contribution in [-0.2, 0) is 17.8 Å². The molecule has 1 amide bonds. The second kappa shape index (κ2) is 8.34. The highest BCUT2D eigenvalue weighted by molar-refractivity contribution is 5.76. The maximum atomic E-state index is 12.7. The molecular formula is C20H29N5O. The van der Waals surface area contributed by atoms with Gasteiger partial charge in [-0.1, -0.05) is 6.92 Å². The molecule has 140 valence electrons. The molecule has 1 aliphatic heterocycles. The topological polar surface area (TPSA) is 54.3 Å². The highest BCUT2D eigenvalue weighted by atomic mass is 16.2. The van der Waals surface area contributed by atoms with E-state index in [4.69, 9.17) is 0 Å². The summed E-state index contributed by atoms with van der Waals surface area (Å²) in [7, 11) is 4.01. The van der Waals surface area contributed by atoms with Crippen LogP contribution in [0.3, 0.4) is 0 Å². The number of carbonyl (C=O) groups is 1. The lowest BCUT2D eigenvalue weighted by molar-refractivity contribution is -0.132. The molecule has 0 N–H and O–H groups in total. The summed E-state index contributed by atoms with van der Waals surface area (Å²) in [4.78, 5) is 25.5. The molecule has 0 aromatic carbocycles. The van der Waals surface area contributed by atoms with Crippen LogP contribution < -0.4 is 4.90 Å². The van der Waals surface area contributed by atoms with Crippen molar-refractivity contribution in [2.75, 3.05) is 32.1 Å². The number of piperidine rings is 1. The summed E-state index contributed by atoms with van der Waals surface area (Å²) in [5.41, 5.74) is 1.28. The molecule has 3 rings (SSSR count). The van der Waals surface area contributed by atoms with Crippen molar-refractivity contribution in [3.63, 3.8) is 0 Å². The number of aromatic nitrogens is 3. The average Bonchev–Trinajstić information content (AvgIpc) is 3.14. The van der Waals surface area contributed by atoms with E-state index in [9.17, 15) is 4.79 Å². The first-order valence-electron chi connectivity index (χ1n) is 9.49. The van der Waals surface area contributed by atoms with Gasteiger partial charge in [0.2, 0.25) is 5.91 Å². The predicted octanol–water partition coefficient (Wildman–Crippen LogP) is 2.70. The molecule has 26 heavy (non-hydrogen) atoms. The Hall–Kier alpha value is -2.37. The van der Waals surface area contributed by atoms with Crippen LogP contribution in [0.1, 0.15) is 43.5 Å². The van der Waals surface area contributed by atoms with E-state index in [0.717, 1.165) is 44.0 Å². The molecule has 3 heterocycles. The van der Waals surface area contributed by atoms with E-state index in [-0.39, 0.29) is 5.91 Å². The van der Waals surface area contributed by atoms with Crippen LogP contribution in [0.15, 0.2) is 30.7 Å². The third kappa shape index (κ3) is 4.23. The first-order chi connectivity index (χ1) is 12.6. The van der Waals surface area contributed by atoms with Gasteiger partial charge in [0, 0.05) is 71.1 Å². The molecule has 0 bridgehead atoms. The van der Waals surface area contributed by atoms with Crippen LogP contribution in [-0.4, -0.2) is 52.5 Å². The SMILES string of the molecule is CCc1nccn1CCC(=O)N1CCCC(c2ccnc(N(C)C)c2)C1. The summed E-state index contributed by atoms with van der Waals surface area (Å²) in [5, 5.41) is 0. The van der Waals surface area contributed by atoms with Crippen molar-refractivity contribution < 1.29 is 4.79 Å². The molecule has 2 aromatic rings. The smallest absolute Gasteiger partial charge is 0.224 e. The maximum Gasteiger partial charge on any atom is 0.224 e. The molecule has 1 unspecified atom stereocenters. The van der Waals surface area contributed by atoms with E-state index in [0.29, 0.717) is 18.9 Å². The zero-order chi connectivity index (χ0) is 18.5. The van der Waals surface area contributed by atoms with Crippen molar-refractivity contribution in [1.82, 2.24) is 19.4 Å². The van der Waals surface area contributed by atoms with Gasteiger partial charge in [-0.3, -0.25) is 4.79 Å². The van der Waals surface area contributed by atoms with E-state index in [1.54, 1.807) is 0 Å². The van der Waals surface area contributed by atoms with Crippen molar-refractivity contribution in [3.8, 4) is 0 Å². The fraction of sp³-hybridized carbons (Fsp3) is 0.550. The number of anilines is 1. The lowest BCUT2D eigenvalue weighted by Crippen LogP contribution is -2.39. The standard InChI is InChI=1S/C20H29N5O/c1-4-18-22-10-13-24(18)12-8-20(26)25-11-5-6-17(15-25)16-7-9-21-19(14-16)23(2)3/h7,9-10,13-14,17H,4-6,8,11-12,15H2,1-3H3. The van der Waals surface area contributed by atoms with Gasteiger partial charge in [-0.25, -0.2) is 9.97 Å².